The van der Waals surface area contributed by atoms with E-state index >= 15 is 0 Å². The number of carbonyl (C=O) groups excluding carboxylic acids is 2. The van der Waals surface area contributed by atoms with Crippen molar-refractivity contribution in [2.24, 2.45) is 0 Å². The van der Waals surface area contributed by atoms with Crippen LogP contribution in [0.4, 0.5) is 8.78 Å². The predicted octanol–water partition coefficient (Wildman–Crippen LogP) is 4.22. The minimum atomic E-state index is -3.77. The standard InChI is InChI=1S/C22H19F2NO5/c1-13-18(14-7-5-4-6-8-14)20(27)25(12-28-13)21(2,3)19(26)15-9-10-16-17(11-15)30-22(23,24)29-16/h4-11H,12H2,1-3H3. The highest BCUT2D eigenvalue weighted by Gasteiger charge is 2.45. The molecule has 6 nitrogen and oxygen atoms in total. The quantitative estimate of drug-likeness (QED) is 0.700. The zero-order chi connectivity index (χ0) is 21.7. The summed E-state index contributed by atoms with van der Waals surface area (Å²) in [6, 6.07) is 12.8. The molecule has 156 valence electrons. The second-order valence-electron chi connectivity index (χ2n) is 7.52. The van der Waals surface area contributed by atoms with Crippen molar-refractivity contribution in [3.05, 3.63) is 65.4 Å². The molecule has 2 aromatic carbocycles. The number of Topliss-reactive ketones (excluding diaryl/α,β-unsaturated/α-hetero) is 1. The first-order valence-electron chi connectivity index (χ1n) is 9.26. The number of hydrogen-bond acceptors (Lipinski definition) is 5. The monoisotopic (exact) mass is 415 g/mol. The molecule has 0 saturated heterocycles. The second kappa shape index (κ2) is 6.83. The summed E-state index contributed by atoms with van der Waals surface area (Å²) < 4.78 is 41.1. The van der Waals surface area contributed by atoms with Gasteiger partial charge in [0.25, 0.3) is 5.91 Å². The average molecular weight is 415 g/mol. The van der Waals surface area contributed by atoms with Crippen molar-refractivity contribution in [2.45, 2.75) is 32.6 Å². The predicted molar refractivity (Wildman–Crippen MR) is 103 cm³/mol. The largest absolute Gasteiger partial charge is 0.586 e. The van der Waals surface area contributed by atoms with Crippen molar-refractivity contribution in [1.82, 2.24) is 4.90 Å². The number of nitrogens with zero attached hydrogens (tertiary/aromatic N) is 1. The van der Waals surface area contributed by atoms with Crippen LogP contribution in [0.3, 0.4) is 0 Å². The van der Waals surface area contributed by atoms with Gasteiger partial charge in [-0.25, -0.2) is 0 Å². The number of fused-ring (bicyclic) bond motifs is 1. The van der Waals surface area contributed by atoms with Crippen LogP contribution in [0, 0.1) is 0 Å². The number of halogens is 2. The highest BCUT2D eigenvalue weighted by molar-refractivity contribution is 6.22. The number of carbonyl (C=O) groups is 2. The van der Waals surface area contributed by atoms with E-state index in [9.17, 15) is 18.4 Å². The van der Waals surface area contributed by atoms with E-state index in [1.165, 1.54) is 23.1 Å². The van der Waals surface area contributed by atoms with Gasteiger partial charge in [0.1, 0.15) is 11.3 Å². The number of ketones is 1. The fraction of sp³-hybridized carbons (Fsp3) is 0.273. The van der Waals surface area contributed by atoms with Crippen LogP contribution in [0.2, 0.25) is 0 Å². The molecule has 0 radical (unpaired) electrons. The zero-order valence-corrected chi connectivity index (χ0v) is 16.6. The third-order valence-electron chi connectivity index (χ3n) is 5.18. The summed E-state index contributed by atoms with van der Waals surface area (Å²) in [7, 11) is 0. The van der Waals surface area contributed by atoms with E-state index < -0.39 is 17.6 Å². The van der Waals surface area contributed by atoms with Crippen molar-refractivity contribution in [3.63, 3.8) is 0 Å². The van der Waals surface area contributed by atoms with Crippen LogP contribution in [-0.2, 0) is 9.53 Å². The SMILES string of the molecule is CC1=C(c2ccccc2)C(=O)N(C(C)(C)C(=O)c2ccc3c(c2)OC(F)(F)O3)CO1. The van der Waals surface area contributed by atoms with E-state index in [4.69, 9.17) is 4.74 Å². The Labute approximate surface area is 171 Å². The average Bonchev–Trinajstić information content (AvgIpc) is 3.00. The fourth-order valence-electron chi connectivity index (χ4n) is 3.49. The topological polar surface area (TPSA) is 65.1 Å². The molecule has 2 heterocycles. The van der Waals surface area contributed by atoms with E-state index in [-0.39, 0.29) is 29.7 Å². The van der Waals surface area contributed by atoms with Gasteiger partial charge in [-0.1, -0.05) is 30.3 Å². The zero-order valence-electron chi connectivity index (χ0n) is 16.6. The Hall–Kier alpha value is -3.42. The number of hydrogen-bond donors (Lipinski definition) is 0. The molecule has 0 bridgehead atoms. The van der Waals surface area contributed by atoms with Gasteiger partial charge in [-0.3, -0.25) is 14.5 Å². The van der Waals surface area contributed by atoms with Crippen LogP contribution < -0.4 is 9.47 Å². The molecule has 0 saturated carbocycles. The number of ether oxygens (including phenoxy) is 3. The number of rotatable bonds is 4. The molecule has 0 aliphatic carbocycles. The van der Waals surface area contributed by atoms with Crippen LogP contribution in [0.25, 0.3) is 5.57 Å². The van der Waals surface area contributed by atoms with Crippen LogP contribution in [0.15, 0.2) is 54.3 Å². The molecule has 4 rings (SSSR count). The molecule has 30 heavy (non-hydrogen) atoms. The van der Waals surface area contributed by atoms with Gasteiger partial charge < -0.3 is 14.2 Å². The normalized spacial score (nSPS) is 17.8. The fourth-order valence-corrected chi connectivity index (χ4v) is 3.49. The summed E-state index contributed by atoms with van der Waals surface area (Å²) in [4.78, 5) is 27.9. The molecule has 2 aromatic rings. The molecule has 0 spiro atoms. The molecule has 2 aliphatic rings. The van der Waals surface area contributed by atoms with Crippen molar-refractivity contribution in [1.29, 1.82) is 0 Å². The molecule has 0 N–H and O–H groups in total. The molecule has 0 aromatic heterocycles. The highest BCUT2D eigenvalue weighted by atomic mass is 19.3. The minimum absolute atomic E-state index is 0.109. The van der Waals surface area contributed by atoms with Crippen LogP contribution in [-0.4, -0.2) is 35.2 Å². The first-order valence-corrected chi connectivity index (χ1v) is 9.26. The summed E-state index contributed by atoms with van der Waals surface area (Å²) in [6.45, 7) is 4.75. The maximum Gasteiger partial charge on any atom is 0.586 e. The lowest BCUT2D eigenvalue weighted by atomic mass is 9.89. The van der Waals surface area contributed by atoms with Gasteiger partial charge in [0.15, 0.2) is 24.0 Å². The third-order valence-corrected chi connectivity index (χ3v) is 5.18. The van der Waals surface area contributed by atoms with Gasteiger partial charge in [0, 0.05) is 5.56 Å². The van der Waals surface area contributed by atoms with Crippen molar-refractivity contribution >= 4 is 17.3 Å². The number of amides is 1. The van der Waals surface area contributed by atoms with E-state index in [0.717, 1.165) is 0 Å². The van der Waals surface area contributed by atoms with Crippen molar-refractivity contribution in [2.75, 3.05) is 6.73 Å². The maximum absolute atomic E-state index is 13.3. The first-order chi connectivity index (χ1) is 14.1. The van der Waals surface area contributed by atoms with Crippen molar-refractivity contribution < 1.29 is 32.6 Å². The number of alkyl halides is 2. The number of allylic oxidation sites excluding steroid dienone is 1. The van der Waals surface area contributed by atoms with Crippen molar-refractivity contribution in [3.8, 4) is 11.5 Å². The smallest absolute Gasteiger partial charge is 0.477 e. The summed E-state index contributed by atoms with van der Waals surface area (Å²) in [6.07, 6.45) is -3.77. The third kappa shape index (κ3) is 3.28. The van der Waals surface area contributed by atoms with Crippen LogP contribution in [0.1, 0.15) is 36.7 Å². The molecule has 0 atom stereocenters. The van der Waals surface area contributed by atoms with Gasteiger partial charge >= 0.3 is 6.29 Å². The maximum atomic E-state index is 13.3. The molecular weight excluding hydrogens is 396 g/mol. The van der Waals surface area contributed by atoms with Crippen LogP contribution >= 0.6 is 0 Å². The summed E-state index contributed by atoms with van der Waals surface area (Å²) in [5.74, 6) is -0.722. The Morgan fingerprint density at radius 3 is 2.43 bits per heavy atom. The van der Waals surface area contributed by atoms with Gasteiger partial charge in [-0.2, -0.15) is 0 Å². The van der Waals surface area contributed by atoms with Crippen LogP contribution in [0.5, 0.6) is 11.5 Å². The highest BCUT2D eigenvalue weighted by Crippen LogP contribution is 2.42. The van der Waals surface area contributed by atoms with Gasteiger partial charge in [0.2, 0.25) is 0 Å². The molecule has 2 aliphatic heterocycles. The van der Waals surface area contributed by atoms with E-state index in [0.29, 0.717) is 16.9 Å². The molecule has 0 unspecified atom stereocenters. The van der Waals surface area contributed by atoms with E-state index in [2.05, 4.69) is 9.47 Å². The Morgan fingerprint density at radius 1 is 1.07 bits per heavy atom. The molecule has 0 fully saturated rings. The summed E-state index contributed by atoms with van der Waals surface area (Å²) >= 11 is 0. The van der Waals surface area contributed by atoms with E-state index in [1.807, 2.05) is 6.07 Å². The van der Waals surface area contributed by atoms with Gasteiger partial charge in [0.05, 0.1) is 5.57 Å². The second-order valence-corrected chi connectivity index (χ2v) is 7.52. The lowest BCUT2D eigenvalue weighted by Gasteiger charge is -2.40. The summed E-state index contributed by atoms with van der Waals surface area (Å²) in [5, 5.41) is 0. The Bertz CT molecular complexity index is 1060. The van der Waals surface area contributed by atoms with Gasteiger partial charge in [-0.05, 0) is 44.5 Å². The minimum Gasteiger partial charge on any atom is -0.477 e. The lowest BCUT2D eigenvalue weighted by Crippen LogP contribution is -2.55. The van der Waals surface area contributed by atoms with E-state index in [1.54, 1.807) is 45.0 Å². The molecular formula is C22H19F2NO5. The Balaban J connectivity index is 1.64. The summed E-state index contributed by atoms with van der Waals surface area (Å²) in [5.41, 5.74) is -0.152. The lowest BCUT2D eigenvalue weighted by molar-refractivity contribution is -0.286. The van der Waals surface area contributed by atoms with Gasteiger partial charge in [-0.15, -0.1) is 8.78 Å². The number of benzene rings is 2. The Kier molecular flexibility index (Phi) is 4.52. The first kappa shape index (κ1) is 19.9. The molecule has 1 amide bonds. The molecule has 8 heteroatoms. The Morgan fingerprint density at radius 2 is 1.73 bits per heavy atom.